The van der Waals surface area contributed by atoms with Crippen LogP contribution in [0.15, 0.2) is 52.9 Å². The van der Waals surface area contributed by atoms with Crippen molar-refractivity contribution in [3.05, 3.63) is 48.5 Å². The summed E-state index contributed by atoms with van der Waals surface area (Å²) in [6.07, 6.45) is 0. The first-order valence-corrected chi connectivity index (χ1v) is 6.97. The summed E-state index contributed by atoms with van der Waals surface area (Å²) in [7, 11) is 2.99. The van der Waals surface area contributed by atoms with Crippen molar-refractivity contribution in [2.24, 2.45) is 0 Å². The average Bonchev–Trinajstić information content (AvgIpc) is 3.05. The molecule has 0 atom stereocenters. The van der Waals surface area contributed by atoms with Crippen LogP contribution in [0.25, 0.3) is 22.6 Å². The summed E-state index contributed by atoms with van der Waals surface area (Å²) in [5.41, 5.74) is 1.58. The lowest BCUT2D eigenvalue weighted by Gasteiger charge is -2.06. The molecule has 2 aromatic carbocycles. The van der Waals surface area contributed by atoms with Crippen molar-refractivity contribution >= 4 is 0 Å². The molecule has 2 N–H and O–H groups in total. The normalized spacial score (nSPS) is 10.5. The van der Waals surface area contributed by atoms with Gasteiger partial charge in [-0.05, 0) is 48.5 Å². The lowest BCUT2D eigenvalue weighted by Crippen LogP contribution is -1.85. The summed E-state index contributed by atoms with van der Waals surface area (Å²) in [4.78, 5) is 0. The number of phenols is 2. The standard InChI is InChI=1S/C18H16O5/c1-21-17-9-11(3-5-13(17)19)15-7-8-16(23-15)12-4-6-14(20)18(10-12)22-2/h3-10,19-20H,1-2H3. The predicted molar refractivity (Wildman–Crippen MR) is 86.0 cm³/mol. The van der Waals surface area contributed by atoms with E-state index in [4.69, 9.17) is 13.9 Å². The summed E-state index contributed by atoms with van der Waals surface area (Å²) in [6, 6.07) is 13.7. The minimum absolute atomic E-state index is 0.0753. The molecular weight excluding hydrogens is 296 g/mol. The number of furan rings is 1. The van der Waals surface area contributed by atoms with Crippen LogP contribution in [-0.2, 0) is 0 Å². The third kappa shape index (κ3) is 2.81. The van der Waals surface area contributed by atoms with E-state index in [-0.39, 0.29) is 11.5 Å². The van der Waals surface area contributed by atoms with Gasteiger partial charge in [0.25, 0.3) is 0 Å². The molecule has 0 spiro atoms. The predicted octanol–water partition coefficient (Wildman–Crippen LogP) is 4.04. The molecule has 0 aliphatic heterocycles. The second-order valence-corrected chi connectivity index (χ2v) is 4.94. The molecule has 5 heteroatoms. The first kappa shape index (κ1) is 14.8. The van der Waals surface area contributed by atoms with Crippen molar-refractivity contribution in [3.8, 4) is 45.6 Å². The van der Waals surface area contributed by atoms with Gasteiger partial charge >= 0.3 is 0 Å². The molecule has 0 fully saturated rings. The molecule has 0 bridgehead atoms. The summed E-state index contributed by atoms with van der Waals surface area (Å²) in [6.45, 7) is 0. The van der Waals surface area contributed by atoms with Crippen LogP contribution in [0.2, 0.25) is 0 Å². The van der Waals surface area contributed by atoms with Gasteiger partial charge in [0.05, 0.1) is 14.2 Å². The van der Waals surface area contributed by atoms with Crippen LogP contribution in [0.5, 0.6) is 23.0 Å². The lowest BCUT2D eigenvalue weighted by atomic mass is 10.1. The van der Waals surface area contributed by atoms with E-state index >= 15 is 0 Å². The van der Waals surface area contributed by atoms with Gasteiger partial charge in [-0.2, -0.15) is 0 Å². The third-order valence-electron chi connectivity index (χ3n) is 3.53. The fraction of sp³-hybridized carbons (Fsp3) is 0.111. The minimum atomic E-state index is 0.0753. The molecule has 0 unspecified atom stereocenters. The minimum Gasteiger partial charge on any atom is -0.504 e. The number of benzene rings is 2. The Bertz CT molecular complexity index is 767. The van der Waals surface area contributed by atoms with E-state index in [0.717, 1.165) is 11.1 Å². The average molecular weight is 312 g/mol. The highest BCUT2D eigenvalue weighted by atomic mass is 16.5. The Kier molecular flexibility index (Phi) is 3.85. The Hall–Kier alpha value is -3.08. The van der Waals surface area contributed by atoms with Gasteiger partial charge in [-0.25, -0.2) is 0 Å². The highest BCUT2D eigenvalue weighted by Gasteiger charge is 2.11. The van der Waals surface area contributed by atoms with E-state index in [1.54, 1.807) is 36.4 Å². The molecule has 1 aromatic heterocycles. The Morgan fingerprint density at radius 1 is 0.696 bits per heavy atom. The molecule has 5 nitrogen and oxygen atoms in total. The van der Waals surface area contributed by atoms with Gasteiger partial charge in [-0.15, -0.1) is 0 Å². The number of rotatable bonds is 4. The largest absolute Gasteiger partial charge is 0.504 e. The first-order chi connectivity index (χ1) is 11.1. The van der Waals surface area contributed by atoms with Crippen molar-refractivity contribution < 1.29 is 24.1 Å². The highest BCUT2D eigenvalue weighted by Crippen LogP contribution is 2.36. The van der Waals surface area contributed by atoms with Crippen molar-refractivity contribution in [2.75, 3.05) is 14.2 Å². The maximum Gasteiger partial charge on any atom is 0.161 e. The van der Waals surface area contributed by atoms with Crippen molar-refractivity contribution in [3.63, 3.8) is 0 Å². The number of aromatic hydroxyl groups is 2. The summed E-state index contributed by atoms with van der Waals surface area (Å²) in [5.74, 6) is 2.20. The van der Waals surface area contributed by atoms with Crippen molar-refractivity contribution in [2.45, 2.75) is 0 Å². The highest BCUT2D eigenvalue weighted by molar-refractivity contribution is 5.68. The van der Waals surface area contributed by atoms with Crippen LogP contribution in [-0.4, -0.2) is 24.4 Å². The Morgan fingerprint density at radius 2 is 1.13 bits per heavy atom. The fourth-order valence-corrected chi connectivity index (χ4v) is 2.31. The van der Waals surface area contributed by atoms with Gasteiger partial charge in [-0.3, -0.25) is 0 Å². The zero-order valence-corrected chi connectivity index (χ0v) is 12.7. The number of hydrogen-bond acceptors (Lipinski definition) is 5. The SMILES string of the molecule is COc1cc(-c2ccc(-c3ccc(O)c(OC)c3)o2)ccc1O. The molecule has 0 saturated carbocycles. The van der Waals surface area contributed by atoms with Crippen molar-refractivity contribution in [1.82, 2.24) is 0 Å². The molecule has 1 heterocycles. The summed E-state index contributed by atoms with van der Waals surface area (Å²) in [5, 5.41) is 19.3. The van der Waals surface area contributed by atoms with Gasteiger partial charge in [0.1, 0.15) is 11.5 Å². The quantitative estimate of drug-likeness (QED) is 0.760. The van der Waals surface area contributed by atoms with Crippen molar-refractivity contribution in [1.29, 1.82) is 0 Å². The van der Waals surface area contributed by atoms with Crippen LogP contribution >= 0.6 is 0 Å². The monoisotopic (exact) mass is 312 g/mol. The second kappa shape index (κ2) is 5.96. The number of ether oxygens (including phenoxy) is 2. The van der Waals surface area contributed by atoms with E-state index in [1.165, 1.54) is 14.2 Å². The molecule has 0 amide bonds. The Morgan fingerprint density at radius 3 is 1.52 bits per heavy atom. The molecule has 23 heavy (non-hydrogen) atoms. The summed E-state index contributed by atoms with van der Waals surface area (Å²) >= 11 is 0. The van der Waals surface area contributed by atoms with E-state index in [9.17, 15) is 10.2 Å². The van der Waals surface area contributed by atoms with Gasteiger partial charge < -0.3 is 24.1 Å². The van der Waals surface area contributed by atoms with Gasteiger partial charge in [0.15, 0.2) is 23.0 Å². The van der Waals surface area contributed by atoms with E-state index in [1.807, 2.05) is 12.1 Å². The Balaban J connectivity index is 1.97. The van der Waals surface area contributed by atoms with E-state index in [2.05, 4.69) is 0 Å². The smallest absolute Gasteiger partial charge is 0.161 e. The number of phenolic OH excluding ortho intramolecular Hbond substituents is 2. The molecule has 0 aliphatic rings. The maximum absolute atomic E-state index is 9.66. The third-order valence-corrected chi connectivity index (χ3v) is 3.53. The van der Waals surface area contributed by atoms with Crippen LogP contribution < -0.4 is 9.47 Å². The second-order valence-electron chi connectivity index (χ2n) is 4.94. The van der Waals surface area contributed by atoms with Gasteiger partial charge in [0.2, 0.25) is 0 Å². The van der Waals surface area contributed by atoms with Crippen LogP contribution in [0, 0.1) is 0 Å². The number of hydrogen-bond donors (Lipinski definition) is 2. The van der Waals surface area contributed by atoms with Crippen LogP contribution in [0.3, 0.4) is 0 Å². The molecule has 3 aromatic rings. The van der Waals surface area contributed by atoms with Crippen LogP contribution in [0.1, 0.15) is 0 Å². The molecule has 0 saturated heterocycles. The van der Waals surface area contributed by atoms with Gasteiger partial charge in [-0.1, -0.05) is 0 Å². The maximum atomic E-state index is 9.66. The first-order valence-electron chi connectivity index (χ1n) is 6.97. The topological polar surface area (TPSA) is 72.1 Å². The molecule has 3 rings (SSSR count). The van der Waals surface area contributed by atoms with E-state index < -0.39 is 0 Å². The molecule has 0 aliphatic carbocycles. The molecule has 0 radical (unpaired) electrons. The molecular formula is C18H16O5. The molecule has 118 valence electrons. The van der Waals surface area contributed by atoms with Crippen LogP contribution in [0.4, 0.5) is 0 Å². The fourth-order valence-electron chi connectivity index (χ4n) is 2.31. The zero-order valence-electron chi connectivity index (χ0n) is 12.7. The van der Waals surface area contributed by atoms with E-state index in [0.29, 0.717) is 23.0 Å². The summed E-state index contributed by atoms with van der Waals surface area (Å²) < 4.78 is 16.1. The number of methoxy groups -OCH3 is 2. The zero-order chi connectivity index (χ0) is 16.4. The Labute approximate surface area is 133 Å². The van der Waals surface area contributed by atoms with Gasteiger partial charge in [0, 0.05) is 11.1 Å². The lowest BCUT2D eigenvalue weighted by molar-refractivity contribution is 0.373.